The lowest BCUT2D eigenvalue weighted by Gasteiger charge is -2.39. The number of aliphatic hydroxyl groups is 4. The molecular weight excluding hydrogens is 745 g/mol. The van der Waals surface area contributed by atoms with Gasteiger partial charge in [0.15, 0.2) is 6.29 Å². The minimum absolute atomic E-state index is 0.119. The van der Waals surface area contributed by atoms with E-state index in [-0.39, 0.29) is 19.2 Å². The number of ether oxygens (including phenoxy) is 4. The first kappa shape index (κ1) is 55.2. The van der Waals surface area contributed by atoms with Crippen LogP contribution in [-0.2, 0) is 23.7 Å². The highest BCUT2D eigenvalue weighted by Gasteiger charge is 2.44. The van der Waals surface area contributed by atoms with E-state index in [2.05, 4.69) is 62.5 Å². The number of hydrogen-bond donors (Lipinski definition) is 4. The fourth-order valence-electron chi connectivity index (χ4n) is 7.21. The van der Waals surface area contributed by atoms with Crippen LogP contribution in [0.15, 0.2) is 48.6 Å². The van der Waals surface area contributed by atoms with Crippen molar-refractivity contribution in [3.63, 3.8) is 0 Å². The summed E-state index contributed by atoms with van der Waals surface area (Å²) in [7, 11) is 0. The zero-order valence-corrected chi connectivity index (χ0v) is 37.7. The highest BCUT2D eigenvalue weighted by atomic mass is 16.7. The van der Waals surface area contributed by atoms with E-state index in [1.165, 1.54) is 122 Å². The molecule has 1 aliphatic heterocycles. The zero-order chi connectivity index (χ0) is 42.9. The molecule has 9 heteroatoms. The van der Waals surface area contributed by atoms with E-state index in [0.29, 0.717) is 13.0 Å². The van der Waals surface area contributed by atoms with E-state index in [0.717, 1.165) is 57.8 Å². The summed E-state index contributed by atoms with van der Waals surface area (Å²) in [6.45, 7) is 4.44. The van der Waals surface area contributed by atoms with Crippen molar-refractivity contribution in [3.8, 4) is 0 Å². The minimum Gasteiger partial charge on any atom is -0.457 e. The van der Waals surface area contributed by atoms with Gasteiger partial charge in [0, 0.05) is 13.0 Å². The summed E-state index contributed by atoms with van der Waals surface area (Å²) in [6.07, 6.45) is 44.2. The smallest absolute Gasteiger partial charge is 0.306 e. The van der Waals surface area contributed by atoms with Crippen LogP contribution in [-0.4, -0.2) is 89.6 Å². The highest BCUT2D eigenvalue weighted by Crippen LogP contribution is 2.22. The molecule has 1 aliphatic rings. The summed E-state index contributed by atoms with van der Waals surface area (Å²) in [5.74, 6) is -0.321. The molecule has 344 valence electrons. The summed E-state index contributed by atoms with van der Waals surface area (Å²) in [5.41, 5.74) is 0. The molecule has 4 N–H and O–H groups in total. The largest absolute Gasteiger partial charge is 0.457 e. The van der Waals surface area contributed by atoms with Gasteiger partial charge >= 0.3 is 5.97 Å². The van der Waals surface area contributed by atoms with Gasteiger partial charge in [-0.25, -0.2) is 0 Å². The number of esters is 1. The lowest BCUT2D eigenvalue weighted by Crippen LogP contribution is -2.59. The Morgan fingerprint density at radius 2 is 1.03 bits per heavy atom. The summed E-state index contributed by atoms with van der Waals surface area (Å²) in [5, 5.41) is 40.2. The summed E-state index contributed by atoms with van der Waals surface area (Å²) < 4.78 is 22.9. The summed E-state index contributed by atoms with van der Waals surface area (Å²) in [6, 6.07) is 0. The number of aliphatic hydroxyl groups excluding tert-OH is 4. The first-order valence-corrected chi connectivity index (χ1v) is 24.2. The molecule has 59 heavy (non-hydrogen) atoms. The topological polar surface area (TPSA) is 135 Å². The third kappa shape index (κ3) is 32.5. The molecule has 0 spiro atoms. The highest BCUT2D eigenvalue weighted by molar-refractivity contribution is 5.69. The molecule has 1 saturated heterocycles. The average Bonchev–Trinajstić information content (AvgIpc) is 3.24. The van der Waals surface area contributed by atoms with Gasteiger partial charge in [0.25, 0.3) is 0 Å². The molecule has 0 aromatic rings. The second-order valence-electron chi connectivity index (χ2n) is 16.5. The lowest BCUT2D eigenvalue weighted by atomic mass is 9.99. The number of carbonyl (C=O) groups excluding carboxylic acids is 1. The van der Waals surface area contributed by atoms with Crippen molar-refractivity contribution >= 4 is 5.97 Å². The third-order valence-electron chi connectivity index (χ3n) is 11.0. The minimum atomic E-state index is -1.54. The van der Waals surface area contributed by atoms with Crippen LogP contribution in [0.25, 0.3) is 0 Å². The number of carbonyl (C=O) groups is 1. The van der Waals surface area contributed by atoms with Crippen LogP contribution in [0.5, 0.6) is 0 Å². The molecule has 1 fully saturated rings. The van der Waals surface area contributed by atoms with E-state index in [4.69, 9.17) is 18.9 Å². The molecule has 9 nitrogen and oxygen atoms in total. The molecular formula is C50H90O9. The number of allylic oxidation sites excluding steroid dienone is 8. The zero-order valence-electron chi connectivity index (χ0n) is 37.7. The van der Waals surface area contributed by atoms with Crippen LogP contribution in [0, 0.1) is 0 Å². The van der Waals surface area contributed by atoms with E-state index >= 15 is 0 Å². The Labute approximate surface area is 361 Å². The van der Waals surface area contributed by atoms with Crippen LogP contribution >= 0.6 is 0 Å². The van der Waals surface area contributed by atoms with Crippen molar-refractivity contribution in [1.82, 2.24) is 0 Å². The van der Waals surface area contributed by atoms with Gasteiger partial charge in [-0.2, -0.15) is 0 Å². The maximum atomic E-state index is 12.8. The maximum Gasteiger partial charge on any atom is 0.306 e. The van der Waals surface area contributed by atoms with Crippen LogP contribution in [0.2, 0.25) is 0 Å². The van der Waals surface area contributed by atoms with Gasteiger partial charge in [-0.1, -0.05) is 172 Å². The lowest BCUT2D eigenvalue weighted by molar-refractivity contribution is -0.305. The molecule has 1 heterocycles. The number of rotatable bonds is 41. The van der Waals surface area contributed by atoms with Gasteiger partial charge in [0.1, 0.15) is 30.5 Å². The van der Waals surface area contributed by atoms with Crippen molar-refractivity contribution in [3.05, 3.63) is 48.6 Å². The van der Waals surface area contributed by atoms with Crippen molar-refractivity contribution < 1.29 is 44.2 Å². The molecule has 1 rings (SSSR count). The maximum absolute atomic E-state index is 12.8. The van der Waals surface area contributed by atoms with E-state index in [1.807, 2.05) is 0 Å². The normalized spacial score (nSPS) is 20.5. The second-order valence-corrected chi connectivity index (χ2v) is 16.5. The van der Waals surface area contributed by atoms with Gasteiger partial charge in [-0.15, -0.1) is 0 Å². The van der Waals surface area contributed by atoms with E-state index in [1.54, 1.807) is 0 Å². The molecule has 0 aliphatic carbocycles. The van der Waals surface area contributed by atoms with Crippen molar-refractivity contribution in [2.45, 2.75) is 237 Å². The Balaban J connectivity index is 2.24. The van der Waals surface area contributed by atoms with E-state index < -0.39 is 43.4 Å². The second kappa shape index (κ2) is 41.5. The fraction of sp³-hybridized carbons (Fsp3) is 0.820. The molecule has 0 aromatic carbocycles. The standard InChI is InChI=1S/C50H90O9/c1-3-5-7-9-11-13-15-17-19-21-23-25-27-29-31-33-35-37-39-46(52)58-44(43-57-50-49(55)48(54)47(53)45(41-51)59-50)42-56-40-38-36-34-32-30-28-26-24-22-20-18-16-14-12-10-8-6-4-2/h6,8,12,14,18-21,44-45,47-51,53-55H,3-5,7,9-11,13,15-17,22-43H2,1-2H3/b8-6-,14-12-,20-18-,21-19-. The van der Waals surface area contributed by atoms with Crippen molar-refractivity contribution in [2.24, 2.45) is 0 Å². The third-order valence-corrected chi connectivity index (χ3v) is 11.0. The molecule has 0 aromatic heterocycles. The average molecular weight is 835 g/mol. The Morgan fingerprint density at radius 3 is 1.58 bits per heavy atom. The predicted octanol–water partition coefficient (Wildman–Crippen LogP) is 11.3. The SMILES string of the molecule is CC/C=C\C/C=C\C/C=C\CCCCCCCCCCOCC(COC1OC(CO)C(O)C(O)C1O)OC(=O)CCCCCCCCC/C=C\CCCCCCCCC. The summed E-state index contributed by atoms with van der Waals surface area (Å²) in [4.78, 5) is 12.8. The van der Waals surface area contributed by atoms with Crippen LogP contribution in [0.1, 0.15) is 200 Å². The molecule has 0 radical (unpaired) electrons. The molecule has 0 bridgehead atoms. The number of hydrogen-bond acceptors (Lipinski definition) is 9. The van der Waals surface area contributed by atoms with Gasteiger partial charge < -0.3 is 39.4 Å². The Kier molecular flexibility index (Phi) is 38.8. The first-order valence-electron chi connectivity index (χ1n) is 24.2. The summed E-state index contributed by atoms with van der Waals surface area (Å²) >= 11 is 0. The van der Waals surface area contributed by atoms with Gasteiger partial charge in [0.05, 0.1) is 19.8 Å². The van der Waals surface area contributed by atoms with Crippen LogP contribution in [0.3, 0.4) is 0 Å². The van der Waals surface area contributed by atoms with Crippen LogP contribution in [0.4, 0.5) is 0 Å². The fourth-order valence-corrected chi connectivity index (χ4v) is 7.21. The van der Waals surface area contributed by atoms with Gasteiger partial charge in [-0.3, -0.25) is 4.79 Å². The Morgan fingerprint density at radius 1 is 0.559 bits per heavy atom. The quantitative estimate of drug-likeness (QED) is 0.0270. The molecule has 0 amide bonds. The first-order chi connectivity index (χ1) is 28.9. The van der Waals surface area contributed by atoms with Crippen molar-refractivity contribution in [1.29, 1.82) is 0 Å². The van der Waals surface area contributed by atoms with E-state index in [9.17, 15) is 25.2 Å². The Bertz CT molecular complexity index is 1040. The van der Waals surface area contributed by atoms with Crippen molar-refractivity contribution in [2.75, 3.05) is 26.4 Å². The monoisotopic (exact) mass is 835 g/mol. The molecule has 0 saturated carbocycles. The predicted molar refractivity (Wildman–Crippen MR) is 242 cm³/mol. The van der Waals surface area contributed by atoms with Gasteiger partial charge in [0.2, 0.25) is 0 Å². The Hall–Kier alpha value is -1.85. The number of unbranched alkanes of at least 4 members (excludes halogenated alkanes) is 22. The molecule has 6 unspecified atom stereocenters. The molecule has 6 atom stereocenters. The van der Waals surface area contributed by atoms with Gasteiger partial charge in [-0.05, 0) is 70.6 Å². The van der Waals surface area contributed by atoms with Crippen LogP contribution < -0.4 is 0 Å².